The summed E-state index contributed by atoms with van der Waals surface area (Å²) in [5.74, 6) is 0. The normalized spacial score (nSPS) is 9.20. The summed E-state index contributed by atoms with van der Waals surface area (Å²) in [7, 11) is 0. The Labute approximate surface area is 70.6 Å². The van der Waals surface area contributed by atoms with Crippen molar-refractivity contribution in [1.29, 1.82) is 0 Å². The van der Waals surface area contributed by atoms with E-state index in [2.05, 4.69) is 13.3 Å². The van der Waals surface area contributed by atoms with Gasteiger partial charge < -0.3 is 0 Å². The molecule has 0 N–H and O–H groups in total. The molecule has 0 bridgehead atoms. The monoisotopic (exact) mass is 180 g/mol. The van der Waals surface area contributed by atoms with Gasteiger partial charge >= 0.3 is 22.6 Å². The van der Waals surface area contributed by atoms with Crippen LogP contribution in [0.25, 0.3) is 0 Å². The third-order valence-corrected chi connectivity index (χ3v) is 0.556. The fourth-order valence-corrected chi connectivity index (χ4v) is 0.321. The van der Waals surface area contributed by atoms with Crippen LogP contribution in [-0.2, 0) is 26.1 Å². The maximum atomic E-state index is 7.50. The fraction of sp³-hybridized carbons (Fsp3) is 0. The van der Waals surface area contributed by atoms with E-state index in [0.717, 1.165) is 0 Å². The molecule has 0 unspecified atom stereocenters. The molecule has 0 amide bonds. The van der Waals surface area contributed by atoms with Gasteiger partial charge in [-0.3, -0.25) is 0 Å². The van der Waals surface area contributed by atoms with Crippen LogP contribution in [0.15, 0.2) is 24.3 Å². The van der Waals surface area contributed by atoms with Crippen LogP contribution >= 0.6 is 0 Å². The van der Waals surface area contributed by atoms with Crippen molar-refractivity contribution in [3.8, 4) is 0 Å². The van der Waals surface area contributed by atoms with Crippen molar-refractivity contribution in [2.24, 2.45) is 0 Å². The molecule has 1 rings (SSSR count). The van der Waals surface area contributed by atoms with Gasteiger partial charge in [0.15, 0.2) is 0 Å². The molecule has 0 spiro atoms. The van der Waals surface area contributed by atoms with Crippen molar-refractivity contribution >= 4 is 0 Å². The van der Waals surface area contributed by atoms with Crippen LogP contribution in [0.3, 0.4) is 0 Å². The Morgan fingerprint density at radius 3 is 1.10 bits per heavy atom. The van der Waals surface area contributed by atoms with Crippen LogP contribution in [0, 0.1) is 19.7 Å². The minimum absolute atomic E-state index is 0. The van der Waals surface area contributed by atoms with E-state index in [1.807, 2.05) is 30.7 Å². The average Bonchev–Trinajstić information content (AvgIpc) is 2.51. The van der Waals surface area contributed by atoms with Crippen LogP contribution in [0.4, 0.5) is 0 Å². The smallest absolute Gasteiger partial charge is 0.00506 e. The van der Waals surface area contributed by atoms with Gasteiger partial charge in [0.25, 0.3) is 0 Å². The van der Waals surface area contributed by atoms with E-state index in [0.29, 0.717) is 0 Å². The topological polar surface area (TPSA) is 39.8 Å². The van der Waals surface area contributed by atoms with Crippen molar-refractivity contribution in [2.75, 3.05) is 0 Å². The van der Waals surface area contributed by atoms with Crippen LogP contribution in [-0.4, -0.2) is 0 Å². The van der Waals surface area contributed by atoms with Gasteiger partial charge in [-0.1, -0.05) is 24.3 Å². The molecule has 10 heavy (non-hydrogen) atoms. The van der Waals surface area contributed by atoms with Gasteiger partial charge in [-0.2, -0.15) is 0 Å². The molecule has 0 atom stereocenters. The van der Waals surface area contributed by atoms with Gasteiger partial charge in [-0.05, 0) is 0 Å². The zero-order valence-corrected chi connectivity index (χ0v) is 6.08. The molecule has 0 saturated heterocycles. The molecule has 1 aliphatic carbocycles. The minimum Gasteiger partial charge on any atom is -0.0767 e. The summed E-state index contributed by atoms with van der Waals surface area (Å²) >= 11 is 0. The van der Waals surface area contributed by atoms with Gasteiger partial charge in [0.05, 0.1) is 0 Å². The third-order valence-electron chi connectivity index (χ3n) is 0.556. The maximum absolute atomic E-state index is 7.50. The fourth-order valence-electron chi connectivity index (χ4n) is 0.321. The first-order valence-electron chi connectivity index (χ1n) is 2.07. The Morgan fingerprint density at radius 1 is 0.700 bits per heavy atom. The van der Waals surface area contributed by atoms with Gasteiger partial charge in [-0.25, -0.2) is 0 Å². The second-order valence-corrected chi connectivity index (χ2v) is 0.962. The summed E-state index contributed by atoms with van der Waals surface area (Å²) in [5, 5.41) is 0. The van der Waals surface area contributed by atoms with Gasteiger partial charge in [-0.15, -0.1) is 0 Å². The minimum atomic E-state index is 0. The molecule has 2 radical (unpaired) electrons. The zero-order valence-electron chi connectivity index (χ0n) is 5.04. The number of hydrogen-bond donors (Lipinski definition) is 0. The molecular formula is C7H5CoO2. The molecular weight excluding hydrogens is 175 g/mol. The number of allylic oxidation sites excluding steroid dienone is 4. The van der Waals surface area contributed by atoms with E-state index in [-0.39, 0.29) is 16.8 Å². The average molecular weight is 180 g/mol. The molecule has 1 aliphatic rings. The summed E-state index contributed by atoms with van der Waals surface area (Å²) in [5.41, 5.74) is 0. The van der Waals surface area contributed by atoms with E-state index >= 15 is 0 Å². The van der Waals surface area contributed by atoms with Crippen LogP contribution in [0.5, 0.6) is 0 Å². The predicted octanol–water partition coefficient (Wildman–Crippen LogP) is 1.24. The summed E-state index contributed by atoms with van der Waals surface area (Å²) in [6, 6.07) is 0. The molecule has 3 heteroatoms. The van der Waals surface area contributed by atoms with Gasteiger partial charge in [0, 0.05) is 23.2 Å². The van der Waals surface area contributed by atoms with E-state index in [1.54, 1.807) is 0 Å². The molecule has 2 nitrogen and oxygen atoms in total. The Morgan fingerprint density at radius 2 is 1.00 bits per heavy atom. The SMILES string of the molecule is [C-]#[O+].[C-]#[O+].[CH]1C=CC=C1.[Co]. The van der Waals surface area contributed by atoms with Crippen molar-refractivity contribution in [1.82, 2.24) is 0 Å². The summed E-state index contributed by atoms with van der Waals surface area (Å²) in [6.45, 7) is 9.00. The Hall–Kier alpha value is -0.534. The molecule has 0 aromatic heterocycles. The van der Waals surface area contributed by atoms with E-state index < -0.39 is 0 Å². The molecule has 54 valence electrons. The van der Waals surface area contributed by atoms with Crippen molar-refractivity contribution < 1.29 is 26.1 Å². The molecule has 0 saturated carbocycles. The predicted molar refractivity (Wildman–Crippen MR) is 30.4 cm³/mol. The number of rotatable bonds is 0. The first-order valence-corrected chi connectivity index (χ1v) is 2.07. The van der Waals surface area contributed by atoms with Crippen LogP contribution < -0.4 is 0 Å². The molecule has 0 aromatic carbocycles. The first kappa shape index (κ1) is 16.2. The first-order chi connectivity index (χ1) is 4.50. The second-order valence-electron chi connectivity index (χ2n) is 0.962. The standard InChI is InChI=1S/C5H5.2CO.Co/c1-2-4-5-3-1;2*1-2;/h1-5H;;;. The zero-order chi connectivity index (χ0) is 7.54. The Kier molecular flexibility index (Phi) is 38.4. The maximum Gasteiger partial charge on any atom is 0.00506 e. The molecule has 0 aromatic rings. The third kappa shape index (κ3) is 15.7. The summed E-state index contributed by atoms with van der Waals surface area (Å²) in [4.78, 5) is 0. The largest absolute Gasteiger partial charge is 0.0767 e. The van der Waals surface area contributed by atoms with E-state index in [1.165, 1.54) is 0 Å². The van der Waals surface area contributed by atoms with Crippen molar-refractivity contribution in [2.45, 2.75) is 0 Å². The summed E-state index contributed by atoms with van der Waals surface area (Å²) in [6.07, 6.45) is 10.0. The van der Waals surface area contributed by atoms with E-state index in [9.17, 15) is 0 Å². The Balaban J connectivity index is -0.0000000875. The summed E-state index contributed by atoms with van der Waals surface area (Å²) < 4.78 is 15.0. The van der Waals surface area contributed by atoms with Gasteiger partial charge in [0.2, 0.25) is 0 Å². The molecule has 0 aliphatic heterocycles. The van der Waals surface area contributed by atoms with Crippen LogP contribution in [0.2, 0.25) is 0 Å². The van der Waals surface area contributed by atoms with E-state index in [4.69, 9.17) is 9.30 Å². The quantitative estimate of drug-likeness (QED) is 0.397. The number of hydrogen-bond acceptors (Lipinski definition) is 0. The van der Waals surface area contributed by atoms with Crippen molar-refractivity contribution in [3.63, 3.8) is 0 Å². The van der Waals surface area contributed by atoms with Crippen LogP contribution in [0.1, 0.15) is 0 Å². The van der Waals surface area contributed by atoms with Gasteiger partial charge in [0.1, 0.15) is 0 Å². The Bertz CT molecular complexity index is 117. The second kappa shape index (κ2) is 23.7. The van der Waals surface area contributed by atoms with Crippen molar-refractivity contribution in [3.05, 3.63) is 44.0 Å². The molecule has 0 fully saturated rings. The molecule has 0 heterocycles.